The van der Waals surface area contributed by atoms with E-state index in [1.807, 2.05) is 53.7 Å². The van der Waals surface area contributed by atoms with Gasteiger partial charge >= 0.3 is 6.03 Å². The van der Waals surface area contributed by atoms with Crippen molar-refractivity contribution in [1.29, 1.82) is 0 Å². The largest absolute Gasteiger partial charge is 0.487 e. The number of benzene rings is 2. The number of carbonyl (C=O) groups excluding carboxylic acids is 1. The van der Waals surface area contributed by atoms with Gasteiger partial charge in [0, 0.05) is 18.2 Å². The first-order chi connectivity index (χ1) is 11.9. The highest BCUT2D eigenvalue weighted by molar-refractivity contribution is 5.83. The van der Waals surface area contributed by atoms with Crippen molar-refractivity contribution in [3.63, 3.8) is 0 Å². The number of hydrazine groups is 1. The number of primary amides is 1. The van der Waals surface area contributed by atoms with Gasteiger partial charge in [0.15, 0.2) is 0 Å². The molecule has 2 aliphatic rings. The highest BCUT2D eigenvalue weighted by Gasteiger charge is 2.32. The minimum Gasteiger partial charge on any atom is -0.487 e. The van der Waals surface area contributed by atoms with Crippen LogP contribution in [-0.2, 0) is 6.42 Å². The third-order valence-corrected chi connectivity index (χ3v) is 4.57. The number of urea groups is 1. The molecule has 0 bridgehead atoms. The summed E-state index contributed by atoms with van der Waals surface area (Å²) in [5.41, 5.74) is 9.61. The van der Waals surface area contributed by atoms with E-state index < -0.39 is 6.03 Å². The van der Waals surface area contributed by atoms with Crippen LogP contribution in [0.4, 0.5) is 10.5 Å². The number of hydrogen-bond donors (Lipinski definition) is 1. The Balaban J connectivity index is 1.70. The fraction of sp³-hybridized carbons (Fsp3) is 0.250. The second kappa shape index (κ2) is 5.55. The Morgan fingerprint density at radius 3 is 2.64 bits per heavy atom. The Morgan fingerprint density at radius 2 is 1.92 bits per heavy atom. The maximum absolute atomic E-state index is 11.9. The fourth-order valence-electron chi connectivity index (χ4n) is 3.45. The van der Waals surface area contributed by atoms with Crippen LogP contribution in [0.3, 0.4) is 0 Å². The molecule has 0 atom stereocenters. The first-order valence-electron chi connectivity index (χ1n) is 8.37. The Hall–Kier alpha value is -2.95. The topological polar surface area (TPSA) is 58.8 Å². The number of anilines is 1. The van der Waals surface area contributed by atoms with E-state index in [0.29, 0.717) is 6.54 Å². The smallest absolute Gasteiger partial charge is 0.334 e. The van der Waals surface area contributed by atoms with E-state index in [1.165, 1.54) is 0 Å². The van der Waals surface area contributed by atoms with E-state index in [2.05, 4.69) is 19.9 Å². The summed E-state index contributed by atoms with van der Waals surface area (Å²) in [5.74, 6) is 0.908. The first-order valence-corrected chi connectivity index (χ1v) is 8.37. The zero-order valence-corrected chi connectivity index (χ0v) is 14.4. The zero-order valence-electron chi connectivity index (χ0n) is 14.4. The lowest BCUT2D eigenvalue weighted by molar-refractivity contribution is 0.138. The van der Waals surface area contributed by atoms with Crippen LogP contribution in [0.15, 0.2) is 54.7 Å². The number of hydrogen-bond acceptors (Lipinski definition) is 3. The first kappa shape index (κ1) is 15.6. The molecule has 0 aliphatic carbocycles. The van der Waals surface area contributed by atoms with Crippen molar-refractivity contribution in [2.75, 3.05) is 11.6 Å². The predicted molar refractivity (Wildman–Crippen MR) is 98.0 cm³/mol. The normalized spacial score (nSPS) is 17.9. The van der Waals surface area contributed by atoms with E-state index in [0.717, 1.165) is 34.6 Å². The van der Waals surface area contributed by atoms with Crippen molar-refractivity contribution >= 4 is 17.3 Å². The number of rotatable bonds is 2. The van der Waals surface area contributed by atoms with Crippen LogP contribution in [0.1, 0.15) is 25.0 Å². The van der Waals surface area contributed by atoms with Crippen molar-refractivity contribution in [1.82, 2.24) is 5.01 Å². The van der Waals surface area contributed by atoms with Crippen LogP contribution in [0, 0.1) is 0 Å². The average molecular weight is 335 g/mol. The monoisotopic (exact) mass is 335 g/mol. The predicted octanol–water partition coefficient (Wildman–Crippen LogP) is 3.56. The third kappa shape index (κ3) is 2.82. The molecule has 5 nitrogen and oxygen atoms in total. The Labute approximate surface area is 147 Å². The van der Waals surface area contributed by atoms with Gasteiger partial charge in [-0.05, 0) is 43.2 Å². The summed E-state index contributed by atoms with van der Waals surface area (Å²) >= 11 is 0. The van der Waals surface area contributed by atoms with Crippen LogP contribution in [0.2, 0.25) is 0 Å². The van der Waals surface area contributed by atoms with Crippen molar-refractivity contribution in [3.8, 4) is 5.75 Å². The van der Waals surface area contributed by atoms with Crippen molar-refractivity contribution in [3.05, 3.63) is 65.9 Å². The van der Waals surface area contributed by atoms with E-state index in [4.69, 9.17) is 10.5 Å². The summed E-state index contributed by atoms with van der Waals surface area (Å²) in [6.45, 7) is 4.61. The van der Waals surface area contributed by atoms with Gasteiger partial charge in [-0.15, -0.1) is 0 Å². The van der Waals surface area contributed by atoms with Crippen molar-refractivity contribution < 1.29 is 9.53 Å². The Bertz CT molecular complexity index is 858. The quantitative estimate of drug-likeness (QED) is 0.913. The minimum atomic E-state index is -0.473. The summed E-state index contributed by atoms with van der Waals surface area (Å²) < 4.78 is 5.94. The van der Waals surface area contributed by atoms with Crippen LogP contribution < -0.4 is 15.5 Å². The van der Waals surface area contributed by atoms with Gasteiger partial charge in [0.25, 0.3) is 0 Å². The molecule has 2 aliphatic heterocycles. The minimum absolute atomic E-state index is 0.194. The van der Waals surface area contributed by atoms with Gasteiger partial charge in [-0.25, -0.2) is 9.80 Å². The summed E-state index contributed by atoms with van der Waals surface area (Å²) in [7, 11) is 0. The molecule has 0 saturated carbocycles. The van der Waals surface area contributed by atoms with Gasteiger partial charge in [0.2, 0.25) is 0 Å². The SMILES string of the molecule is CC1(C)Cc2cc(N3C=C(c4ccccc4)CN3C(N)=O)ccc2O1. The van der Waals surface area contributed by atoms with E-state index in [-0.39, 0.29) is 5.60 Å². The lowest BCUT2D eigenvalue weighted by Crippen LogP contribution is -2.43. The number of nitrogens with two attached hydrogens (primary N) is 1. The standard InChI is InChI=1S/C20H21N3O2/c1-20(2)11-15-10-17(8-9-18(15)25-20)22-12-16(13-23(22)19(21)24)14-6-4-3-5-7-14/h3-10,12H,11,13H2,1-2H3,(H2,21,24). The van der Waals surface area contributed by atoms with E-state index >= 15 is 0 Å². The summed E-state index contributed by atoms with van der Waals surface area (Å²) in [6, 6.07) is 15.5. The zero-order chi connectivity index (χ0) is 17.6. The van der Waals surface area contributed by atoms with Gasteiger partial charge in [-0.1, -0.05) is 30.3 Å². The molecule has 25 heavy (non-hydrogen) atoms. The molecule has 0 saturated heterocycles. The summed E-state index contributed by atoms with van der Waals surface area (Å²) in [6.07, 6.45) is 2.82. The summed E-state index contributed by atoms with van der Waals surface area (Å²) in [4.78, 5) is 11.9. The molecule has 2 N–H and O–H groups in total. The molecule has 2 aromatic rings. The lowest BCUT2D eigenvalue weighted by atomic mass is 10.0. The van der Waals surface area contributed by atoms with Gasteiger partial charge in [0.1, 0.15) is 11.4 Å². The molecule has 5 heteroatoms. The van der Waals surface area contributed by atoms with Crippen LogP contribution >= 0.6 is 0 Å². The molecule has 128 valence electrons. The van der Waals surface area contributed by atoms with Crippen LogP contribution in [0.5, 0.6) is 5.75 Å². The highest BCUT2D eigenvalue weighted by atomic mass is 16.5. The Morgan fingerprint density at radius 1 is 1.16 bits per heavy atom. The van der Waals surface area contributed by atoms with Gasteiger partial charge in [0.05, 0.1) is 12.2 Å². The van der Waals surface area contributed by atoms with E-state index in [1.54, 1.807) is 5.01 Å². The number of carbonyl (C=O) groups is 1. The molecular weight excluding hydrogens is 314 g/mol. The molecule has 0 unspecified atom stereocenters. The van der Waals surface area contributed by atoms with Gasteiger partial charge in [-0.3, -0.25) is 5.01 Å². The van der Waals surface area contributed by atoms with Crippen molar-refractivity contribution in [2.24, 2.45) is 5.73 Å². The van der Waals surface area contributed by atoms with Crippen molar-refractivity contribution in [2.45, 2.75) is 25.9 Å². The number of fused-ring (bicyclic) bond motifs is 1. The van der Waals surface area contributed by atoms with Gasteiger partial charge < -0.3 is 10.5 Å². The number of nitrogens with zero attached hydrogens (tertiary/aromatic N) is 2. The average Bonchev–Trinajstić information content (AvgIpc) is 3.14. The highest BCUT2D eigenvalue weighted by Crippen LogP contribution is 2.38. The molecule has 0 fully saturated rings. The maximum atomic E-state index is 11.9. The molecule has 4 rings (SSSR count). The van der Waals surface area contributed by atoms with Crippen LogP contribution in [0.25, 0.3) is 5.57 Å². The molecular formula is C20H21N3O2. The second-order valence-electron chi connectivity index (χ2n) is 7.09. The second-order valence-corrected chi connectivity index (χ2v) is 7.09. The van der Waals surface area contributed by atoms with Gasteiger partial charge in [-0.2, -0.15) is 0 Å². The Kier molecular flexibility index (Phi) is 3.46. The number of amides is 2. The van der Waals surface area contributed by atoms with Crippen LogP contribution in [-0.4, -0.2) is 23.2 Å². The maximum Gasteiger partial charge on any atom is 0.334 e. The molecule has 2 aromatic carbocycles. The third-order valence-electron chi connectivity index (χ3n) is 4.57. The molecule has 2 heterocycles. The fourth-order valence-corrected chi connectivity index (χ4v) is 3.45. The molecule has 0 spiro atoms. The van der Waals surface area contributed by atoms with E-state index in [9.17, 15) is 4.79 Å². The molecule has 0 aromatic heterocycles. The summed E-state index contributed by atoms with van der Waals surface area (Å²) in [5, 5.41) is 3.38. The molecule has 0 radical (unpaired) electrons. The molecule has 2 amide bonds. The lowest BCUT2D eigenvalue weighted by Gasteiger charge is -2.27. The number of ether oxygens (including phenoxy) is 1.